The summed E-state index contributed by atoms with van der Waals surface area (Å²) in [5, 5.41) is 4.22. The van der Waals surface area contributed by atoms with Gasteiger partial charge in [0.25, 0.3) is 5.91 Å². The number of halogens is 2. The number of amides is 1. The highest BCUT2D eigenvalue weighted by atomic mass is 32.2. The zero-order valence-corrected chi connectivity index (χ0v) is 16.1. The lowest BCUT2D eigenvalue weighted by atomic mass is 10.1. The molecule has 27 heavy (non-hydrogen) atoms. The number of carbonyl (C=O) groups excluding carboxylic acids is 1. The Labute approximate surface area is 156 Å². The molecule has 10 heteroatoms. The van der Waals surface area contributed by atoms with Crippen molar-refractivity contribution in [2.45, 2.75) is 18.7 Å². The molecule has 0 spiro atoms. The van der Waals surface area contributed by atoms with E-state index in [1.807, 2.05) is 0 Å². The first-order chi connectivity index (χ1) is 12.6. The molecular weight excluding hydrogens is 378 g/mol. The third-order valence-electron chi connectivity index (χ3n) is 4.76. The van der Waals surface area contributed by atoms with E-state index in [1.165, 1.54) is 0 Å². The Morgan fingerprint density at radius 1 is 1.11 bits per heavy atom. The van der Waals surface area contributed by atoms with E-state index in [1.54, 1.807) is 30.5 Å². The smallest absolute Gasteiger partial charge is 0.257 e. The fourth-order valence-corrected chi connectivity index (χ4v) is 4.68. The zero-order valence-electron chi connectivity index (χ0n) is 15.2. The van der Waals surface area contributed by atoms with E-state index in [4.69, 9.17) is 0 Å². The number of hydrogen-bond acceptors (Lipinski definition) is 4. The van der Waals surface area contributed by atoms with Gasteiger partial charge in [0, 0.05) is 38.9 Å². The summed E-state index contributed by atoms with van der Waals surface area (Å²) in [6.07, 6.45) is 0. The number of hydrogen-bond donors (Lipinski definition) is 0. The topological polar surface area (TPSA) is 75.5 Å². The highest BCUT2D eigenvalue weighted by molar-refractivity contribution is 7.89. The lowest BCUT2D eigenvalue weighted by Crippen LogP contribution is -2.50. The van der Waals surface area contributed by atoms with Crippen LogP contribution in [0.3, 0.4) is 0 Å². The van der Waals surface area contributed by atoms with Gasteiger partial charge < -0.3 is 4.90 Å². The van der Waals surface area contributed by atoms with Gasteiger partial charge in [-0.05, 0) is 32.0 Å². The summed E-state index contributed by atoms with van der Waals surface area (Å²) in [6.45, 7) is 3.85. The minimum Gasteiger partial charge on any atom is -0.336 e. The molecule has 7 nitrogen and oxygen atoms in total. The average Bonchev–Trinajstić information content (AvgIpc) is 2.88. The normalized spacial score (nSPS) is 16.0. The summed E-state index contributed by atoms with van der Waals surface area (Å²) in [5.41, 5.74) is 1.84. The van der Waals surface area contributed by atoms with Crippen LogP contribution in [0.1, 0.15) is 21.7 Å². The van der Waals surface area contributed by atoms with E-state index in [9.17, 15) is 22.0 Å². The van der Waals surface area contributed by atoms with Crippen molar-refractivity contribution in [1.29, 1.82) is 0 Å². The Morgan fingerprint density at radius 3 is 2.30 bits per heavy atom. The van der Waals surface area contributed by atoms with E-state index in [2.05, 4.69) is 5.10 Å². The van der Waals surface area contributed by atoms with Gasteiger partial charge in [0.15, 0.2) is 0 Å². The van der Waals surface area contributed by atoms with Crippen molar-refractivity contribution in [3.63, 3.8) is 0 Å². The van der Waals surface area contributed by atoms with Crippen molar-refractivity contribution in [1.82, 2.24) is 19.0 Å². The van der Waals surface area contributed by atoms with E-state index in [-0.39, 0.29) is 32.1 Å². The van der Waals surface area contributed by atoms with Gasteiger partial charge in [-0.25, -0.2) is 17.2 Å². The van der Waals surface area contributed by atoms with Gasteiger partial charge in [0.05, 0.1) is 11.3 Å². The molecule has 1 fully saturated rings. The van der Waals surface area contributed by atoms with E-state index < -0.39 is 26.6 Å². The third kappa shape index (κ3) is 3.46. The number of aryl methyl sites for hydroxylation is 2. The molecule has 1 aliphatic rings. The average molecular weight is 398 g/mol. The zero-order chi connectivity index (χ0) is 19.9. The maximum atomic E-state index is 13.9. The van der Waals surface area contributed by atoms with Gasteiger partial charge in [-0.1, -0.05) is 0 Å². The molecule has 146 valence electrons. The predicted molar refractivity (Wildman–Crippen MR) is 93.7 cm³/mol. The summed E-state index contributed by atoms with van der Waals surface area (Å²) >= 11 is 0. The Morgan fingerprint density at radius 2 is 1.74 bits per heavy atom. The van der Waals surface area contributed by atoms with E-state index in [0.717, 1.165) is 22.1 Å². The monoisotopic (exact) mass is 398 g/mol. The van der Waals surface area contributed by atoms with Crippen molar-refractivity contribution >= 4 is 15.9 Å². The second kappa shape index (κ2) is 7.01. The van der Waals surface area contributed by atoms with Gasteiger partial charge in [0.2, 0.25) is 10.0 Å². The lowest BCUT2D eigenvalue weighted by molar-refractivity contribution is 0.0696. The van der Waals surface area contributed by atoms with Crippen LogP contribution in [-0.2, 0) is 17.1 Å². The van der Waals surface area contributed by atoms with Gasteiger partial charge in [-0.2, -0.15) is 9.40 Å². The number of piperazine rings is 1. The number of nitrogens with zero attached hydrogens (tertiary/aromatic N) is 4. The number of carbonyl (C=O) groups is 1. The molecule has 1 aliphatic heterocycles. The molecule has 0 aliphatic carbocycles. The molecular formula is C17H20F2N4O3S. The molecule has 0 bridgehead atoms. The van der Waals surface area contributed by atoms with E-state index in [0.29, 0.717) is 17.3 Å². The quantitative estimate of drug-likeness (QED) is 0.785. The third-order valence-corrected chi connectivity index (χ3v) is 6.67. The minimum absolute atomic E-state index is 0.00237. The molecule has 1 aromatic carbocycles. The van der Waals surface area contributed by atoms with Crippen LogP contribution in [0.25, 0.3) is 0 Å². The van der Waals surface area contributed by atoms with Crippen LogP contribution in [0, 0.1) is 25.5 Å². The van der Waals surface area contributed by atoms with Crippen molar-refractivity contribution in [2.24, 2.45) is 7.05 Å². The van der Waals surface area contributed by atoms with Crippen molar-refractivity contribution < 1.29 is 22.0 Å². The molecule has 3 rings (SSSR count). The molecule has 1 aromatic heterocycles. The van der Waals surface area contributed by atoms with Crippen LogP contribution >= 0.6 is 0 Å². The number of aromatic nitrogens is 2. The maximum absolute atomic E-state index is 13.9. The van der Waals surface area contributed by atoms with Crippen LogP contribution in [0.4, 0.5) is 8.78 Å². The molecule has 0 unspecified atom stereocenters. The molecule has 0 saturated carbocycles. The predicted octanol–water partition coefficient (Wildman–Crippen LogP) is 1.46. The first kappa shape index (κ1) is 19.4. The number of sulfonamides is 1. The summed E-state index contributed by atoms with van der Waals surface area (Å²) in [5.74, 6) is -2.05. The Kier molecular flexibility index (Phi) is 5.04. The van der Waals surface area contributed by atoms with Crippen molar-refractivity contribution in [3.05, 3.63) is 46.8 Å². The summed E-state index contributed by atoms with van der Waals surface area (Å²) < 4.78 is 55.2. The molecule has 2 heterocycles. The fourth-order valence-electron chi connectivity index (χ4n) is 3.19. The van der Waals surface area contributed by atoms with Crippen LogP contribution in [0.2, 0.25) is 0 Å². The standard InChI is InChI=1S/C17H20F2N4O3S/c1-11-16(12(2)21(3)20-11)17(24)22-6-8-23(9-7-22)27(25,26)15-10-13(18)4-5-14(15)19/h4-5,10H,6-9H2,1-3H3. The molecule has 1 saturated heterocycles. The highest BCUT2D eigenvalue weighted by Crippen LogP contribution is 2.23. The molecule has 0 N–H and O–H groups in total. The van der Waals surface area contributed by atoms with Crippen molar-refractivity contribution in [2.75, 3.05) is 26.2 Å². The van der Waals surface area contributed by atoms with Gasteiger partial charge in [0.1, 0.15) is 16.5 Å². The maximum Gasteiger partial charge on any atom is 0.257 e. The van der Waals surface area contributed by atoms with Crippen LogP contribution in [0.5, 0.6) is 0 Å². The molecule has 1 amide bonds. The van der Waals surface area contributed by atoms with Gasteiger partial charge in [-0.3, -0.25) is 9.48 Å². The van der Waals surface area contributed by atoms with Crippen molar-refractivity contribution in [3.8, 4) is 0 Å². The highest BCUT2D eigenvalue weighted by Gasteiger charge is 2.33. The Hall–Kier alpha value is -2.33. The molecule has 0 radical (unpaired) electrons. The first-order valence-corrected chi connectivity index (χ1v) is 9.81. The Balaban J connectivity index is 1.77. The summed E-state index contributed by atoms with van der Waals surface area (Å²) in [7, 11) is -2.43. The number of benzene rings is 1. The van der Waals surface area contributed by atoms with Crippen LogP contribution in [-0.4, -0.2) is 59.5 Å². The molecule has 0 atom stereocenters. The number of rotatable bonds is 3. The lowest BCUT2D eigenvalue weighted by Gasteiger charge is -2.34. The first-order valence-electron chi connectivity index (χ1n) is 8.37. The summed E-state index contributed by atoms with van der Waals surface area (Å²) in [6, 6.07) is 2.32. The van der Waals surface area contributed by atoms with Gasteiger partial charge >= 0.3 is 0 Å². The van der Waals surface area contributed by atoms with Crippen LogP contribution in [0.15, 0.2) is 23.1 Å². The fraction of sp³-hybridized carbons (Fsp3) is 0.412. The largest absolute Gasteiger partial charge is 0.336 e. The van der Waals surface area contributed by atoms with E-state index >= 15 is 0 Å². The minimum atomic E-state index is -4.18. The SMILES string of the molecule is Cc1nn(C)c(C)c1C(=O)N1CCN(S(=O)(=O)c2cc(F)ccc2F)CC1. The van der Waals surface area contributed by atoms with Crippen LogP contribution < -0.4 is 0 Å². The molecule has 2 aromatic rings. The van der Waals surface area contributed by atoms with Gasteiger partial charge in [-0.15, -0.1) is 0 Å². The Bertz CT molecular complexity index is 996. The second-order valence-corrected chi connectivity index (χ2v) is 8.35. The summed E-state index contributed by atoms with van der Waals surface area (Å²) in [4.78, 5) is 13.6. The second-order valence-electron chi connectivity index (χ2n) is 6.44.